The fourth-order valence-electron chi connectivity index (χ4n) is 0.574. The number of thioether (sulfide) groups is 1. The van der Waals surface area contributed by atoms with Gasteiger partial charge in [0.15, 0.2) is 0 Å². The Hall–Kier alpha value is -0.480. The summed E-state index contributed by atoms with van der Waals surface area (Å²) >= 11 is 1.73. The molecule has 0 aromatic carbocycles. The molecule has 0 unspecified atom stereocenters. The van der Waals surface area contributed by atoms with Crippen LogP contribution in [0.15, 0.2) is 12.7 Å². The van der Waals surface area contributed by atoms with E-state index in [4.69, 9.17) is 5.73 Å². The van der Waals surface area contributed by atoms with Gasteiger partial charge in [-0.3, -0.25) is 4.79 Å². The molecule has 1 amide bonds. The molecule has 0 aliphatic rings. The fraction of sp³-hybridized carbons (Fsp3) is 0.625. The van der Waals surface area contributed by atoms with Gasteiger partial charge < -0.3 is 11.1 Å². The largest absolute Gasteiger partial charge is 0.354 e. The number of carbonyl (C=O) groups is 1. The zero-order valence-corrected chi connectivity index (χ0v) is 8.19. The molecule has 1 atom stereocenters. The third-order valence-electron chi connectivity index (χ3n) is 1.19. The zero-order valence-electron chi connectivity index (χ0n) is 7.38. The van der Waals surface area contributed by atoms with Crippen LogP contribution in [0.5, 0.6) is 0 Å². The Morgan fingerprint density at radius 1 is 1.83 bits per heavy atom. The quantitative estimate of drug-likeness (QED) is 0.468. The van der Waals surface area contributed by atoms with Gasteiger partial charge in [0, 0.05) is 18.1 Å². The second-order valence-corrected chi connectivity index (χ2v) is 3.59. The number of hydrogen-bond acceptors (Lipinski definition) is 3. The van der Waals surface area contributed by atoms with Crippen LogP contribution in [0.3, 0.4) is 0 Å². The maximum atomic E-state index is 10.9. The lowest BCUT2D eigenvalue weighted by Gasteiger charge is -2.06. The van der Waals surface area contributed by atoms with Gasteiger partial charge in [0.05, 0.1) is 6.04 Å². The lowest BCUT2D eigenvalue weighted by atomic mass is 10.3. The second kappa shape index (κ2) is 7.18. The summed E-state index contributed by atoms with van der Waals surface area (Å²) in [5.74, 6) is 1.74. The lowest BCUT2D eigenvalue weighted by molar-refractivity contribution is -0.121. The molecule has 4 heteroatoms. The van der Waals surface area contributed by atoms with Crippen LogP contribution in [0.1, 0.15) is 6.92 Å². The molecule has 0 aliphatic heterocycles. The van der Waals surface area contributed by atoms with Crippen molar-refractivity contribution in [1.29, 1.82) is 0 Å². The van der Waals surface area contributed by atoms with Gasteiger partial charge in [-0.1, -0.05) is 6.08 Å². The van der Waals surface area contributed by atoms with Crippen molar-refractivity contribution in [2.45, 2.75) is 13.0 Å². The summed E-state index contributed by atoms with van der Waals surface area (Å²) in [6.07, 6.45) is 1.85. The molecule has 0 radical (unpaired) electrons. The van der Waals surface area contributed by atoms with Crippen molar-refractivity contribution in [3.8, 4) is 0 Å². The van der Waals surface area contributed by atoms with E-state index in [0.717, 1.165) is 11.5 Å². The summed E-state index contributed by atoms with van der Waals surface area (Å²) < 4.78 is 0. The normalized spacial score (nSPS) is 12.2. The summed E-state index contributed by atoms with van der Waals surface area (Å²) in [6, 6.07) is -0.408. The number of nitrogens with two attached hydrogens (primary N) is 1. The third-order valence-corrected chi connectivity index (χ3v) is 2.16. The van der Waals surface area contributed by atoms with E-state index < -0.39 is 6.04 Å². The molecular formula is C8H16N2OS. The van der Waals surface area contributed by atoms with Crippen molar-refractivity contribution in [3.63, 3.8) is 0 Å². The minimum Gasteiger partial charge on any atom is -0.354 e. The van der Waals surface area contributed by atoms with Gasteiger partial charge >= 0.3 is 0 Å². The maximum Gasteiger partial charge on any atom is 0.236 e. The second-order valence-electron chi connectivity index (χ2n) is 2.44. The van der Waals surface area contributed by atoms with E-state index in [1.807, 2.05) is 6.08 Å². The maximum absolute atomic E-state index is 10.9. The smallest absolute Gasteiger partial charge is 0.236 e. The monoisotopic (exact) mass is 188 g/mol. The summed E-state index contributed by atoms with van der Waals surface area (Å²) in [5, 5.41) is 2.72. The van der Waals surface area contributed by atoms with Crippen molar-refractivity contribution >= 4 is 17.7 Å². The van der Waals surface area contributed by atoms with Gasteiger partial charge in [0.2, 0.25) is 5.91 Å². The molecule has 0 rings (SSSR count). The first kappa shape index (κ1) is 11.5. The van der Waals surface area contributed by atoms with E-state index in [-0.39, 0.29) is 5.91 Å². The Morgan fingerprint density at radius 2 is 2.50 bits per heavy atom. The molecule has 12 heavy (non-hydrogen) atoms. The van der Waals surface area contributed by atoms with Crippen LogP contribution in [0.25, 0.3) is 0 Å². The molecule has 0 aromatic rings. The van der Waals surface area contributed by atoms with Gasteiger partial charge in [0.25, 0.3) is 0 Å². The Kier molecular flexibility index (Phi) is 6.90. The van der Waals surface area contributed by atoms with Crippen LogP contribution in [-0.4, -0.2) is 30.0 Å². The lowest BCUT2D eigenvalue weighted by Crippen LogP contribution is -2.39. The van der Waals surface area contributed by atoms with E-state index in [1.165, 1.54) is 0 Å². The average Bonchev–Trinajstić information content (AvgIpc) is 2.03. The molecule has 0 fully saturated rings. The van der Waals surface area contributed by atoms with Crippen LogP contribution in [-0.2, 0) is 4.79 Å². The molecule has 0 bridgehead atoms. The summed E-state index contributed by atoms with van der Waals surface area (Å²) in [4.78, 5) is 10.9. The van der Waals surface area contributed by atoms with E-state index >= 15 is 0 Å². The van der Waals surface area contributed by atoms with E-state index in [9.17, 15) is 4.79 Å². The first-order valence-electron chi connectivity index (χ1n) is 3.90. The Balaban J connectivity index is 3.19. The third kappa shape index (κ3) is 6.24. The highest BCUT2D eigenvalue weighted by atomic mass is 32.2. The molecule has 0 aliphatic carbocycles. The van der Waals surface area contributed by atoms with Gasteiger partial charge in [0.1, 0.15) is 0 Å². The zero-order chi connectivity index (χ0) is 9.40. The molecule has 0 aromatic heterocycles. The Bertz CT molecular complexity index is 148. The fourth-order valence-corrected chi connectivity index (χ4v) is 1.15. The van der Waals surface area contributed by atoms with Crippen molar-refractivity contribution in [3.05, 3.63) is 12.7 Å². The minimum atomic E-state index is -0.408. The number of carbonyl (C=O) groups excluding carboxylic acids is 1. The van der Waals surface area contributed by atoms with Crippen LogP contribution in [0, 0.1) is 0 Å². The number of hydrogen-bond donors (Lipinski definition) is 2. The topological polar surface area (TPSA) is 55.1 Å². The SMILES string of the molecule is C=CCSCCNC(=O)[C@@H](C)N. The van der Waals surface area contributed by atoms with E-state index in [2.05, 4.69) is 11.9 Å². The highest BCUT2D eigenvalue weighted by Gasteiger charge is 2.04. The Morgan fingerprint density at radius 3 is 3.00 bits per heavy atom. The predicted molar refractivity (Wildman–Crippen MR) is 54.2 cm³/mol. The first-order chi connectivity index (χ1) is 5.68. The number of amides is 1. The molecule has 0 spiro atoms. The highest BCUT2D eigenvalue weighted by Crippen LogP contribution is 1.96. The van der Waals surface area contributed by atoms with Gasteiger partial charge in [-0.25, -0.2) is 0 Å². The Labute approximate surface area is 77.8 Å². The summed E-state index contributed by atoms with van der Waals surface area (Å²) in [6.45, 7) is 5.95. The van der Waals surface area contributed by atoms with Crippen molar-refractivity contribution < 1.29 is 4.79 Å². The molecule has 0 heterocycles. The van der Waals surface area contributed by atoms with E-state index in [0.29, 0.717) is 6.54 Å². The molecular weight excluding hydrogens is 172 g/mol. The van der Waals surface area contributed by atoms with Crippen molar-refractivity contribution in [1.82, 2.24) is 5.32 Å². The van der Waals surface area contributed by atoms with Crippen LogP contribution >= 0.6 is 11.8 Å². The summed E-state index contributed by atoms with van der Waals surface area (Å²) in [7, 11) is 0. The predicted octanol–water partition coefficient (Wildman–Crippen LogP) is 0.369. The molecule has 0 saturated carbocycles. The molecule has 3 N–H and O–H groups in total. The van der Waals surface area contributed by atoms with Gasteiger partial charge in [-0.05, 0) is 6.92 Å². The molecule has 0 saturated heterocycles. The molecule has 3 nitrogen and oxygen atoms in total. The van der Waals surface area contributed by atoms with Crippen LogP contribution in [0.2, 0.25) is 0 Å². The van der Waals surface area contributed by atoms with Crippen molar-refractivity contribution in [2.75, 3.05) is 18.1 Å². The number of rotatable bonds is 6. The summed E-state index contributed by atoms with van der Waals surface area (Å²) in [5.41, 5.74) is 5.34. The molecule has 70 valence electrons. The van der Waals surface area contributed by atoms with Gasteiger partial charge in [-0.15, -0.1) is 6.58 Å². The minimum absolute atomic E-state index is 0.0887. The number of nitrogens with one attached hydrogen (secondary N) is 1. The standard InChI is InChI=1S/C8H16N2OS/c1-3-5-12-6-4-10-8(11)7(2)9/h3,7H,1,4-6,9H2,2H3,(H,10,11)/t7-/m1/s1. The highest BCUT2D eigenvalue weighted by molar-refractivity contribution is 7.99. The van der Waals surface area contributed by atoms with Gasteiger partial charge in [-0.2, -0.15) is 11.8 Å². The van der Waals surface area contributed by atoms with E-state index in [1.54, 1.807) is 18.7 Å². The van der Waals surface area contributed by atoms with Crippen LogP contribution < -0.4 is 11.1 Å². The van der Waals surface area contributed by atoms with Crippen LogP contribution in [0.4, 0.5) is 0 Å². The van der Waals surface area contributed by atoms with Crippen molar-refractivity contribution in [2.24, 2.45) is 5.73 Å². The average molecular weight is 188 g/mol. The first-order valence-corrected chi connectivity index (χ1v) is 5.06.